The Balaban J connectivity index is 1.48. The molecule has 8 nitrogen and oxygen atoms in total. The van der Waals surface area contributed by atoms with Crippen molar-refractivity contribution < 1.29 is 18.4 Å². The van der Waals surface area contributed by atoms with E-state index in [1.807, 2.05) is 43.3 Å². The van der Waals surface area contributed by atoms with E-state index in [1.165, 1.54) is 18.1 Å². The highest BCUT2D eigenvalue weighted by atomic mass is 32.2. The van der Waals surface area contributed by atoms with Gasteiger partial charge in [0.2, 0.25) is 0 Å². The van der Waals surface area contributed by atoms with Crippen molar-refractivity contribution in [1.29, 1.82) is 0 Å². The number of hydrogen-bond acceptors (Lipinski definition) is 9. The molecule has 0 aliphatic rings. The summed E-state index contributed by atoms with van der Waals surface area (Å²) in [4.78, 5) is 9.81. The van der Waals surface area contributed by atoms with E-state index in [4.69, 9.17) is 14.0 Å². The first-order chi connectivity index (χ1) is 17.4. The first-order valence-electron chi connectivity index (χ1n) is 11.3. The number of ether oxygens (including phenoxy) is 2. The number of rotatable bonds is 11. The van der Waals surface area contributed by atoms with Crippen LogP contribution in [0.1, 0.15) is 26.0 Å². The molecule has 0 fully saturated rings. The van der Waals surface area contributed by atoms with Crippen molar-refractivity contribution in [1.82, 2.24) is 15.1 Å². The van der Waals surface area contributed by atoms with Gasteiger partial charge in [0, 0.05) is 28.1 Å². The van der Waals surface area contributed by atoms with E-state index >= 15 is 0 Å². The smallest absolute Gasteiger partial charge is 0.175 e. The van der Waals surface area contributed by atoms with Gasteiger partial charge in [-0.2, -0.15) is 0 Å². The number of alkyl halides is 1. The zero-order valence-corrected chi connectivity index (χ0v) is 21.4. The second-order valence-electron chi connectivity index (χ2n) is 8.39. The second kappa shape index (κ2) is 10.9. The summed E-state index contributed by atoms with van der Waals surface area (Å²) in [5.74, 6) is 2.67. The van der Waals surface area contributed by atoms with Crippen LogP contribution in [0.25, 0.3) is 10.9 Å². The van der Waals surface area contributed by atoms with Crippen molar-refractivity contribution in [3.05, 3.63) is 67.0 Å². The molecule has 2 N–H and O–H groups in total. The Hall–Kier alpha value is -3.79. The van der Waals surface area contributed by atoms with E-state index in [9.17, 15) is 4.39 Å². The molecule has 0 spiro atoms. The van der Waals surface area contributed by atoms with Gasteiger partial charge in [0.05, 0.1) is 25.2 Å². The van der Waals surface area contributed by atoms with Gasteiger partial charge in [0.1, 0.15) is 29.6 Å². The van der Waals surface area contributed by atoms with E-state index in [-0.39, 0.29) is 0 Å². The Morgan fingerprint density at radius 2 is 1.89 bits per heavy atom. The molecule has 0 saturated carbocycles. The SMILES string of the molecule is C=C(Nc1cccc(Sc2ncnc3cc(OC)c(OC)cc23)c1)Nc1cc(C(C)(CC)CF)on1. The molecule has 10 heteroatoms. The molecular formula is C26H28FN5O3S. The summed E-state index contributed by atoms with van der Waals surface area (Å²) in [7, 11) is 3.19. The van der Waals surface area contributed by atoms with E-state index in [2.05, 4.69) is 32.3 Å². The van der Waals surface area contributed by atoms with Crippen LogP contribution in [0.5, 0.6) is 11.5 Å². The number of hydrogen-bond donors (Lipinski definition) is 2. The fourth-order valence-corrected chi connectivity index (χ4v) is 4.43. The summed E-state index contributed by atoms with van der Waals surface area (Å²) in [6.45, 7) is 7.21. The van der Waals surface area contributed by atoms with E-state index in [0.717, 1.165) is 26.5 Å². The van der Waals surface area contributed by atoms with Gasteiger partial charge in [-0.1, -0.05) is 36.5 Å². The number of benzene rings is 2. The molecule has 36 heavy (non-hydrogen) atoms. The van der Waals surface area contributed by atoms with Crippen LogP contribution >= 0.6 is 11.8 Å². The van der Waals surface area contributed by atoms with Crippen LogP contribution < -0.4 is 20.1 Å². The predicted molar refractivity (Wildman–Crippen MR) is 140 cm³/mol. The number of anilines is 2. The molecule has 2 aromatic heterocycles. The van der Waals surface area contributed by atoms with Crippen molar-refractivity contribution in [2.75, 3.05) is 31.5 Å². The maximum atomic E-state index is 13.5. The Kier molecular flexibility index (Phi) is 7.64. The van der Waals surface area contributed by atoms with Crippen molar-refractivity contribution in [2.24, 2.45) is 0 Å². The summed E-state index contributed by atoms with van der Waals surface area (Å²) in [5, 5.41) is 11.9. The molecule has 0 saturated heterocycles. The van der Waals surface area contributed by atoms with E-state index < -0.39 is 12.1 Å². The maximum Gasteiger partial charge on any atom is 0.175 e. The molecular weight excluding hydrogens is 481 g/mol. The zero-order chi connectivity index (χ0) is 25.7. The highest BCUT2D eigenvalue weighted by Gasteiger charge is 2.29. The number of fused-ring (bicyclic) bond motifs is 1. The van der Waals surface area contributed by atoms with Crippen LogP contribution in [-0.4, -0.2) is 36.0 Å². The third-order valence-electron chi connectivity index (χ3n) is 5.91. The highest BCUT2D eigenvalue weighted by Crippen LogP contribution is 2.37. The normalized spacial score (nSPS) is 12.7. The maximum absolute atomic E-state index is 13.5. The van der Waals surface area contributed by atoms with Crippen LogP contribution in [-0.2, 0) is 5.41 Å². The Bertz CT molecular complexity index is 1370. The molecule has 2 aromatic carbocycles. The monoisotopic (exact) mass is 509 g/mol. The first kappa shape index (κ1) is 25.3. The lowest BCUT2D eigenvalue weighted by molar-refractivity contribution is 0.244. The van der Waals surface area contributed by atoms with Gasteiger partial charge >= 0.3 is 0 Å². The lowest BCUT2D eigenvalue weighted by Crippen LogP contribution is -2.22. The molecule has 2 heterocycles. The number of nitrogens with one attached hydrogen (secondary N) is 2. The number of aromatic nitrogens is 3. The summed E-state index contributed by atoms with van der Waals surface area (Å²) in [6, 6.07) is 13.3. The average Bonchev–Trinajstić information content (AvgIpc) is 3.36. The van der Waals surface area contributed by atoms with Crippen LogP contribution in [0.15, 0.2) is 75.6 Å². The van der Waals surface area contributed by atoms with Crippen LogP contribution in [0.4, 0.5) is 15.9 Å². The van der Waals surface area contributed by atoms with Crippen molar-refractivity contribution in [3.8, 4) is 11.5 Å². The molecule has 0 aliphatic carbocycles. The number of halogens is 1. The average molecular weight is 510 g/mol. The van der Waals surface area contributed by atoms with Crippen molar-refractivity contribution in [2.45, 2.75) is 35.6 Å². The van der Waals surface area contributed by atoms with Gasteiger partial charge in [0.25, 0.3) is 0 Å². The number of methoxy groups -OCH3 is 2. The van der Waals surface area contributed by atoms with Crippen LogP contribution in [0, 0.1) is 0 Å². The minimum absolute atomic E-state index is 0.456. The topological polar surface area (TPSA) is 94.3 Å². The van der Waals surface area contributed by atoms with Crippen molar-refractivity contribution >= 4 is 34.2 Å². The summed E-state index contributed by atoms with van der Waals surface area (Å²) in [6.07, 6.45) is 2.13. The lowest BCUT2D eigenvalue weighted by Gasteiger charge is -2.19. The zero-order valence-electron chi connectivity index (χ0n) is 20.6. The summed E-state index contributed by atoms with van der Waals surface area (Å²) >= 11 is 1.51. The Labute approximate surface area is 213 Å². The van der Waals surface area contributed by atoms with Crippen LogP contribution in [0.3, 0.4) is 0 Å². The van der Waals surface area contributed by atoms with Gasteiger partial charge in [-0.15, -0.1) is 0 Å². The largest absolute Gasteiger partial charge is 0.493 e. The molecule has 4 aromatic rings. The second-order valence-corrected chi connectivity index (χ2v) is 9.45. The summed E-state index contributed by atoms with van der Waals surface area (Å²) < 4.78 is 29.7. The number of nitrogens with zero attached hydrogens (tertiary/aromatic N) is 3. The fraction of sp³-hybridized carbons (Fsp3) is 0.269. The summed E-state index contributed by atoms with van der Waals surface area (Å²) in [5.41, 5.74) is 0.880. The molecule has 0 radical (unpaired) electrons. The fourth-order valence-electron chi connectivity index (χ4n) is 3.50. The van der Waals surface area contributed by atoms with Crippen LogP contribution in [0.2, 0.25) is 0 Å². The third-order valence-corrected chi connectivity index (χ3v) is 6.92. The predicted octanol–water partition coefficient (Wildman–Crippen LogP) is 6.42. The van der Waals surface area contributed by atoms with Crippen molar-refractivity contribution in [3.63, 3.8) is 0 Å². The van der Waals surface area contributed by atoms with Gasteiger partial charge in [-0.3, -0.25) is 4.39 Å². The standard InChI is InChI=1S/C26H28FN5O3S/c1-6-26(3,14-27)23-13-24(32-35-23)31-16(2)30-17-8-7-9-18(10-17)36-25-19-11-21(33-4)22(34-5)12-20(19)28-15-29-25/h7-13,15,30H,2,6,14H2,1,3-5H3,(H,31,32). The molecule has 1 unspecified atom stereocenters. The quantitative estimate of drug-likeness (QED) is 0.222. The molecule has 0 bridgehead atoms. The molecule has 4 rings (SSSR count). The van der Waals surface area contributed by atoms with Gasteiger partial charge < -0.3 is 24.6 Å². The van der Waals surface area contributed by atoms with Gasteiger partial charge in [0.15, 0.2) is 17.3 Å². The van der Waals surface area contributed by atoms with E-state index in [0.29, 0.717) is 35.3 Å². The van der Waals surface area contributed by atoms with Gasteiger partial charge in [-0.25, -0.2) is 9.97 Å². The molecule has 188 valence electrons. The molecule has 1 atom stereocenters. The molecule has 0 aliphatic heterocycles. The first-order valence-corrected chi connectivity index (χ1v) is 12.1. The lowest BCUT2D eigenvalue weighted by atomic mass is 9.86. The third kappa shape index (κ3) is 5.38. The highest BCUT2D eigenvalue weighted by molar-refractivity contribution is 7.99. The minimum atomic E-state index is -0.701. The van der Waals surface area contributed by atoms with E-state index in [1.54, 1.807) is 27.2 Å². The van der Waals surface area contributed by atoms with Gasteiger partial charge in [-0.05, 0) is 37.6 Å². The minimum Gasteiger partial charge on any atom is -0.493 e. The molecule has 0 amide bonds. The Morgan fingerprint density at radius 1 is 1.11 bits per heavy atom. The Morgan fingerprint density at radius 3 is 2.61 bits per heavy atom.